The van der Waals surface area contributed by atoms with Gasteiger partial charge >= 0.3 is 0 Å². The molecule has 1 aromatic rings. The van der Waals surface area contributed by atoms with E-state index in [0.29, 0.717) is 0 Å². The van der Waals surface area contributed by atoms with Crippen LogP contribution < -0.4 is 0 Å². The van der Waals surface area contributed by atoms with Gasteiger partial charge in [0.15, 0.2) is 0 Å². The van der Waals surface area contributed by atoms with E-state index in [-0.39, 0.29) is 0 Å². The monoisotopic (exact) mass is 236 g/mol. The highest BCUT2D eigenvalue weighted by atomic mass is 16.5. The molecule has 1 saturated heterocycles. The molecular weight excluding hydrogens is 212 g/mol. The molecule has 0 saturated carbocycles. The van der Waals surface area contributed by atoms with E-state index in [1.165, 1.54) is 36.2 Å². The van der Waals surface area contributed by atoms with Gasteiger partial charge in [-0.05, 0) is 51.0 Å². The highest BCUT2D eigenvalue weighted by Crippen LogP contribution is 2.20. The first-order valence-corrected chi connectivity index (χ1v) is 6.83. The van der Waals surface area contributed by atoms with Crippen LogP contribution >= 0.6 is 0 Å². The lowest BCUT2D eigenvalue weighted by Gasteiger charge is -2.21. The van der Waals surface area contributed by atoms with Crippen molar-refractivity contribution >= 4 is 0 Å². The van der Waals surface area contributed by atoms with Gasteiger partial charge in [0.05, 0.1) is 5.69 Å². The fraction of sp³-hybridized carbons (Fsp3) is 0.786. The van der Waals surface area contributed by atoms with Crippen LogP contribution in [0.2, 0.25) is 0 Å². The molecule has 0 radical (unpaired) electrons. The van der Waals surface area contributed by atoms with Crippen molar-refractivity contribution in [3.8, 4) is 0 Å². The summed E-state index contributed by atoms with van der Waals surface area (Å²) in [5.74, 6) is 0.831. The quantitative estimate of drug-likeness (QED) is 0.803. The molecule has 0 amide bonds. The second kappa shape index (κ2) is 5.67. The van der Waals surface area contributed by atoms with E-state index < -0.39 is 0 Å². The summed E-state index contributed by atoms with van der Waals surface area (Å²) >= 11 is 0. The summed E-state index contributed by atoms with van der Waals surface area (Å²) in [6.45, 7) is 9.51. The first-order valence-electron chi connectivity index (χ1n) is 6.83. The molecule has 3 heteroatoms. The van der Waals surface area contributed by atoms with E-state index in [2.05, 4.69) is 25.5 Å². The minimum Gasteiger partial charge on any atom is -0.381 e. The Labute approximate surface area is 104 Å². The van der Waals surface area contributed by atoms with Crippen molar-refractivity contribution in [1.29, 1.82) is 0 Å². The first-order chi connectivity index (χ1) is 8.22. The predicted octanol–water partition coefficient (Wildman–Crippen LogP) is 2.88. The van der Waals surface area contributed by atoms with Gasteiger partial charge < -0.3 is 4.74 Å². The molecule has 1 aliphatic heterocycles. The number of nitrogens with zero attached hydrogens (tertiary/aromatic N) is 2. The predicted molar refractivity (Wildman–Crippen MR) is 69.2 cm³/mol. The topological polar surface area (TPSA) is 27.1 Å². The van der Waals surface area contributed by atoms with Crippen LogP contribution in [0, 0.1) is 19.8 Å². The zero-order valence-electron chi connectivity index (χ0n) is 11.3. The highest BCUT2D eigenvalue weighted by Gasteiger charge is 2.15. The van der Waals surface area contributed by atoms with Crippen LogP contribution in [0.5, 0.6) is 0 Å². The van der Waals surface area contributed by atoms with Gasteiger partial charge in [0.1, 0.15) is 0 Å². The van der Waals surface area contributed by atoms with Crippen molar-refractivity contribution in [2.75, 3.05) is 13.2 Å². The first kappa shape index (κ1) is 12.6. The summed E-state index contributed by atoms with van der Waals surface area (Å²) in [6.07, 6.45) is 4.73. The van der Waals surface area contributed by atoms with Crippen molar-refractivity contribution in [3.05, 3.63) is 17.0 Å². The van der Waals surface area contributed by atoms with E-state index >= 15 is 0 Å². The van der Waals surface area contributed by atoms with Crippen molar-refractivity contribution in [2.24, 2.45) is 5.92 Å². The summed E-state index contributed by atoms with van der Waals surface area (Å²) in [4.78, 5) is 0. The summed E-state index contributed by atoms with van der Waals surface area (Å²) in [5, 5.41) is 4.70. The molecule has 2 heterocycles. The van der Waals surface area contributed by atoms with Crippen LogP contribution in [0.4, 0.5) is 0 Å². The maximum absolute atomic E-state index is 5.39. The van der Waals surface area contributed by atoms with Gasteiger partial charge in [0.25, 0.3) is 0 Å². The van der Waals surface area contributed by atoms with Crippen molar-refractivity contribution in [3.63, 3.8) is 0 Å². The third-order valence-corrected chi connectivity index (χ3v) is 4.03. The Kier molecular flexibility index (Phi) is 4.21. The Morgan fingerprint density at radius 1 is 1.29 bits per heavy atom. The smallest absolute Gasteiger partial charge is 0.0653 e. The maximum atomic E-state index is 5.39. The minimum atomic E-state index is 0.831. The Hall–Kier alpha value is -0.830. The molecule has 0 aliphatic carbocycles. The number of rotatable bonds is 4. The van der Waals surface area contributed by atoms with E-state index in [0.717, 1.165) is 32.1 Å². The van der Waals surface area contributed by atoms with Crippen LogP contribution in [0.3, 0.4) is 0 Å². The van der Waals surface area contributed by atoms with E-state index in [4.69, 9.17) is 9.84 Å². The minimum absolute atomic E-state index is 0.831. The third-order valence-electron chi connectivity index (χ3n) is 4.03. The SMILES string of the molecule is CCc1nn(CCC2CCOCC2)c(C)c1C. The molecule has 2 rings (SSSR count). The molecule has 0 unspecified atom stereocenters. The lowest BCUT2D eigenvalue weighted by molar-refractivity contribution is 0.0622. The molecular formula is C14H24N2O. The Morgan fingerprint density at radius 2 is 2.00 bits per heavy atom. The van der Waals surface area contributed by atoms with Gasteiger partial charge in [-0.3, -0.25) is 4.68 Å². The van der Waals surface area contributed by atoms with Gasteiger partial charge in [0.2, 0.25) is 0 Å². The van der Waals surface area contributed by atoms with Crippen molar-refractivity contribution in [2.45, 2.75) is 53.0 Å². The number of hydrogen-bond donors (Lipinski definition) is 0. The third kappa shape index (κ3) is 2.89. The average molecular weight is 236 g/mol. The standard InChI is InChI=1S/C14H24N2O/c1-4-14-11(2)12(3)16(15-14)8-5-13-6-9-17-10-7-13/h13H,4-10H2,1-3H3. The van der Waals surface area contributed by atoms with Crippen LogP contribution in [0.15, 0.2) is 0 Å². The molecule has 96 valence electrons. The molecule has 1 aliphatic rings. The van der Waals surface area contributed by atoms with Crippen LogP contribution in [0.25, 0.3) is 0 Å². The molecule has 1 fully saturated rings. The largest absolute Gasteiger partial charge is 0.381 e. The van der Waals surface area contributed by atoms with Crippen LogP contribution in [-0.2, 0) is 17.7 Å². The number of aromatic nitrogens is 2. The molecule has 0 N–H and O–H groups in total. The van der Waals surface area contributed by atoms with E-state index in [9.17, 15) is 0 Å². The Bertz CT molecular complexity index is 365. The number of ether oxygens (including phenoxy) is 1. The molecule has 1 aromatic heterocycles. The fourth-order valence-corrected chi connectivity index (χ4v) is 2.59. The van der Waals surface area contributed by atoms with Gasteiger partial charge in [0, 0.05) is 25.5 Å². The number of aryl methyl sites for hydroxylation is 2. The highest BCUT2D eigenvalue weighted by molar-refractivity contribution is 5.23. The molecule has 17 heavy (non-hydrogen) atoms. The molecule has 0 bridgehead atoms. The molecule has 0 aromatic carbocycles. The Morgan fingerprint density at radius 3 is 2.59 bits per heavy atom. The Balaban J connectivity index is 1.94. The van der Waals surface area contributed by atoms with Gasteiger partial charge in [-0.2, -0.15) is 5.10 Å². The summed E-state index contributed by atoms with van der Waals surface area (Å²) in [5.41, 5.74) is 3.97. The fourth-order valence-electron chi connectivity index (χ4n) is 2.59. The van der Waals surface area contributed by atoms with Crippen LogP contribution in [-0.4, -0.2) is 23.0 Å². The van der Waals surface area contributed by atoms with Gasteiger partial charge in [-0.1, -0.05) is 6.92 Å². The van der Waals surface area contributed by atoms with Crippen molar-refractivity contribution in [1.82, 2.24) is 9.78 Å². The molecule has 0 atom stereocenters. The normalized spacial score (nSPS) is 17.6. The molecule has 3 nitrogen and oxygen atoms in total. The summed E-state index contributed by atoms with van der Waals surface area (Å²) in [6, 6.07) is 0. The van der Waals surface area contributed by atoms with E-state index in [1.807, 2.05) is 0 Å². The molecule has 0 spiro atoms. The maximum Gasteiger partial charge on any atom is 0.0653 e. The van der Waals surface area contributed by atoms with Gasteiger partial charge in [-0.15, -0.1) is 0 Å². The number of hydrogen-bond acceptors (Lipinski definition) is 2. The van der Waals surface area contributed by atoms with Crippen LogP contribution in [0.1, 0.15) is 43.1 Å². The van der Waals surface area contributed by atoms with Crippen molar-refractivity contribution < 1.29 is 4.74 Å². The van der Waals surface area contributed by atoms with E-state index in [1.54, 1.807) is 0 Å². The lowest BCUT2D eigenvalue weighted by Crippen LogP contribution is -2.18. The lowest BCUT2D eigenvalue weighted by atomic mass is 9.97. The second-order valence-electron chi connectivity index (χ2n) is 5.08. The zero-order valence-corrected chi connectivity index (χ0v) is 11.3. The zero-order chi connectivity index (χ0) is 12.3. The summed E-state index contributed by atoms with van der Waals surface area (Å²) in [7, 11) is 0. The second-order valence-corrected chi connectivity index (χ2v) is 5.08. The summed E-state index contributed by atoms with van der Waals surface area (Å²) < 4.78 is 7.59. The van der Waals surface area contributed by atoms with Gasteiger partial charge in [-0.25, -0.2) is 0 Å². The average Bonchev–Trinajstić information content (AvgIpc) is 2.65.